The lowest BCUT2D eigenvalue weighted by Crippen LogP contribution is -2.23. The Balaban J connectivity index is 2.53. The Labute approximate surface area is 133 Å². The lowest BCUT2D eigenvalue weighted by Gasteiger charge is -2.16. The van der Waals surface area contributed by atoms with Crippen LogP contribution in [-0.4, -0.2) is 45.4 Å². The first-order valence-electron chi connectivity index (χ1n) is 7.24. The highest BCUT2D eigenvalue weighted by atomic mass is 32.2. The molecule has 0 aliphatic heterocycles. The number of sulfonamides is 1. The monoisotopic (exact) mass is 330 g/mol. The summed E-state index contributed by atoms with van der Waals surface area (Å²) in [7, 11) is -0.287. The molecule has 0 bridgehead atoms. The minimum atomic E-state index is -3.39. The maximum Gasteiger partial charge on any atom is 0.244 e. The van der Waals surface area contributed by atoms with Crippen LogP contribution >= 0.6 is 11.8 Å². The molecule has 1 aromatic carbocycles. The van der Waals surface area contributed by atoms with Crippen LogP contribution in [0.5, 0.6) is 0 Å². The van der Waals surface area contributed by atoms with Crippen molar-refractivity contribution >= 4 is 27.5 Å². The van der Waals surface area contributed by atoms with E-state index in [1.54, 1.807) is 26.2 Å². The van der Waals surface area contributed by atoms with E-state index in [0.717, 1.165) is 13.0 Å². The normalized spacial score (nSPS) is 11.8. The zero-order valence-corrected chi connectivity index (χ0v) is 14.8. The van der Waals surface area contributed by atoms with Gasteiger partial charge in [-0.15, -0.1) is 0 Å². The van der Waals surface area contributed by atoms with Gasteiger partial charge in [-0.3, -0.25) is 0 Å². The predicted molar refractivity (Wildman–Crippen MR) is 92.7 cm³/mol. The van der Waals surface area contributed by atoms with E-state index < -0.39 is 10.0 Å². The average molecular weight is 331 g/mol. The fourth-order valence-electron chi connectivity index (χ4n) is 1.98. The molecule has 4 nitrogen and oxygen atoms in total. The number of benzene rings is 1. The molecule has 0 aliphatic rings. The predicted octanol–water partition coefficient (Wildman–Crippen LogP) is 3.27. The van der Waals surface area contributed by atoms with E-state index >= 15 is 0 Å². The van der Waals surface area contributed by atoms with Crippen molar-refractivity contribution in [1.82, 2.24) is 4.31 Å². The summed E-state index contributed by atoms with van der Waals surface area (Å²) < 4.78 is 25.7. The Morgan fingerprint density at radius 3 is 2.43 bits per heavy atom. The van der Waals surface area contributed by atoms with Crippen molar-refractivity contribution in [3.8, 4) is 0 Å². The third-order valence-corrected chi connectivity index (χ3v) is 5.81. The fraction of sp³-hybridized carbons (Fsp3) is 0.600. The van der Waals surface area contributed by atoms with Gasteiger partial charge in [0.05, 0.1) is 5.69 Å². The number of thioether (sulfide) groups is 1. The first-order chi connectivity index (χ1) is 10.00. The standard InChI is InChI=1S/C15H26N2O2S2/c1-17(2)21(18,19)15-11-7-6-10-14(15)16-12-8-4-5-9-13-20-3/h6-7,10-11,16H,4-5,8-9,12-13H2,1-3H3. The SMILES string of the molecule is CSCCCCCCNc1ccccc1S(=O)(=O)N(C)C. The van der Waals surface area contributed by atoms with Crippen molar-refractivity contribution in [2.75, 3.05) is 38.0 Å². The second-order valence-electron chi connectivity index (χ2n) is 5.12. The molecule has 0 saturated heterocycles. The summed E-state index contributed by atoms with van der Waals surface area (Å²) in [6, 6.07) is 7.08. The number of anilines is 1. The summed E-state index contributed by atoms with van der Waals surface area (Å²) in [5.41, 5.74) is 0.690. The highest BCUT2D eigenvalue weighted by Crippen LogP contribution is 2.23. The van der Waals surface area contributed by atoms with E-state index in [2.05, 4.69) is 11.6 Å². The second-order valence-corrected chi connectivity index (χ2v) is 8.22. The highest BCUT2D eigenvalue weighted by molar-refractivity contribution is 7.98. The number of para-hydroxylation sites is 1. The van der Waals surface area contributed by atoms with Crippen LogP contribution in [0.25, 0.3) is 0 Å². The van der Waals surface area contributed by atoms with Gasteiger partial charge in [-0.25, -0.2) is 12.7 Å². The van der Waals surface area contributed by atoms with Crippen LogP contribution < -0.4 is 5.32 Å². The molecule has 0 saturated carbocycles. The molecule has 0 amide bonds. The Hall–Kier alpha value is -0.720. The Morgan fingerprint density at radius 1 is 1.10 bits per heavy atom. The Morgan fingerprint density at radius 2 is 1.76 bits per heavy atom. The van der Waals surface area contributed by atoms with Crippen molar-refractivity contribution < 1.29 is 8.42 Å². The molecule has 0 fully saturated rings. The molecule has 1 rings (SSSR count). The van der Waals surface area contributed by atoms with Gasteiger partial charge in [-0.05, 0) is 37.0 Å². The molecule has 6 heteroatoms. The molecule has 0 aliphatic carbocycles. The fourth-order valence-corrected chi connectivity index (χ4v) is 3.54. The number of hydrogen-bond donors (Lipinski definition) is 1. The quantitative estimate of drug-likeness (QED) is 0.669. The van der Waals surface area contributed by atoms with Crippen molar-refractivity contribution in [3.63, 3.8) is 0 Å². The number of unbranched alkanes of at least 4 members (excludes halogenated alkanes) is 3. The number of hydrogen-bond acceptors (Lipinski definition) is 4. The van der Waals surface area contributed by atoms with E-state index in [9.17, 15) is 8.42 Å². The molecular weight excluding hydrogens is 304 g/mol. The molecule has 0 unspecified atom stereocenters. The number of rotatable bonds is 10. The summed E-state index contributed by atoms with van der Waals surface area (Å²) in [6.07, 6.45) is 6.86. The van der Waals surface area contributed by atoms with Gasteiger partial charge in [0.2, 0.25) is 10.0 Å². The zero-order chi connectivity index (χ0) is 15.7. The molecule has 0 atom stereocenters. The number of nitrogens with zero attached hydrogens (tertiary/aromatic N) is 1. The molecule has 0 aromatic heterocycles. The van der Waals surface area contributed by atoms with E-state index in [0.29, 0.717) is 10.6 Å². The van der Waals surface area contributed by atoms with Crippen LogP contribution in [0.1, 0.15) is 25.7 Å². The Kier molecular flexibility index (Phi) is 8.14. The van der Waals surface area contributed by atoms with E-state index in [4.69, 9.17) is 0 Å². The first kappa shape index (κ1) is 18.3. The van der Waals surface area contributed by atoms with Gasteiger partial charge < -0.3 is 5.32 Å². The largest absolute Gasteiger partial charge is 0.384 e. The van der Waals surface area contributed by atoms with Crippen LogP contribution in [0.15, 0.2) is 29.2 Å². The highest BCUT2D eigenvalue weighted by Gasteiger charge is 2.20. The van der Waals surface area contributed by atoms with E-state index in [-0.39, 0.29) is 0 Å². The van der Waals surface area contributed by atoms with Crippen LogP contribution in [0.3, 0.4) is 0 Å². The van der Waals surface area contributed by atoms with Crippen LogP contribution in [-0.2, 0) is 10.0 Å². The van der Waals surface area contributed by atoms with Crippen LogP contribution in [0, 0.1) is 0 Å². The molecule has 0 radical (unpaired) electrons. The summed E-state index contributed by atoms with van der Waals surface area (Å²) in [5, 5.41) is 3.25. The average Bonchev–Trinajstić information content (AvgIpc) is 2.46. The smallest absolute Gasteiger partial charge is 0.244 e. The van der Waals surface area contributed by atoms with E-state index in [1.165, 1.54) is 29.3 Å². The number of nitrogens with one attached hydrogen (secondary N) is 1. The van der Waals surface area contributed by atoms with Gasteiger partial charge in [-0.2, -0.15) is 11.8 Å². The molecule has 0 heterocycles. The van der Waals surface area contributed by atoms with Gasteiger partial charge in [-0.1, -0.05) is 25.0 Å². The minimum Gasteiger partial charge on any atom is -0.384 e. The molecule has 1 N–H and O–H groups in total. The summed E-state index contributed by atoms with van der Waals surface area (Å²) in [6.45, 7) is 0.805. The van der Waals surface area contributed by atoms with Gasteiger partial charge in [0, 0.05) is 20.6 Å². The van der Waals surface area contributed by atoms with Crippen molar-refractivity contribution in [2.24, 2.45) is 0 Å². The Bertz CT molecular complexity index is 516. The van der Waals surface area contributed by atoms with Crippen molar-refractivity contribution in [2.45, 2.75) is 30.6 Å². The van der Waals surface area contributed by atoms with Gasteiger partial charge in [0.25, 0.3) is 0 Å². The maximum atomic E-state index is 12.2. The molecule has 21 heavy (non-hydrogen) atoms. The third kappa shape index (κ3) is 5.88. The van der Waals surface area contributed by atoms with Crippen LogP contribution in [0.4, 0.5) is 5.69 Å². The molecule has 1 aromatic rings. The maximum absolute atomic E-state index is 12.2. The lowest BCUT2D eigenvalue weighted by atomic mass is 10.2. The van der Waals surface area contributed by atoms with Crippen LogP contribution in [0.2, 0.25) is 0 Å². The lowest BCUT2D eigenvalue weighted by molar-refractivity contribution is 0.521. The second kappa shape index (κ2) is 9.33. The molecule has 0 spiro atoms. The van der Waals surface area contributed by atoms with Crippen molar-refractivity contribution in [1.29, 1.82) is 0 Å². The molecular formula is C15H26N2O2S2. The summed E-state index contributed by atoms with van der Waals surface area (Å²) >= 11 is 1.88. The van der Waals surface area contributed by atoms with Gasteiger partial charge >= 0.3 is 0 Å². The first-order valence-corrected chi connectivity index (χ1v) is 10.1. The van der Waals surface area contributed by atoms with E-state index in [1.807, 2.05) is 23.9 Å². The third-order valence-electron chi connectivity index (χ3n) is 3.24. The summed E-state index contributed by atoms with van der Waals surface area (Å²) in [4.78, 5) is 0.345. The topological polar surface area (TPSA) is 49.4 Å². The summed E-state index contributed by atoms with van der Waals surface area (Å²) in [5.74, 6) is 1.22. The van der Waals surface area contributed by atoms with Gasteiger partial charge in [0.15, 0.2) is 0 Å². The van der Waals surface area contributed by atoms with Gasteiger partial charge in [0.1, 0.15) is 4.90 Å². The zero-order valence-electron chi connectivity index (χ0n) is 13.1. The molecule has 120 valence electrons. The minimum absolute atomic E-state index is 0.345. The van der Waals surface area contributed by atoms with Crippen molar-refractivity contribution in [3.05, 3.63) is 24.3 Å².